The molecule has 20 heavy (non-hydrogen) atoms. The fourth-order valence-electron chi connectivity index (χ4n) is 1.97. The van der Waals surface area contributed by atoms with Crippen LogP contribution in [0.15, 0.2) is 42.7 Å². The predicted octanol–water partition coefficient (Wildman–Crippen LogP) is 2.12. The van der Waals surface area contributed by atoms with E-state index in [0.717, 1.165) is 11.3 Å². The summed E-state index contributed by atoms with van der Waals surface area (Å²) in [7, 11) is 1.88. The van der Waals surface area contributed by atoms with Crippen LogP contribution >= 0.6 is 0 Å². The molecule has 0 bridgehead atoms. The average Bonchev–Trinajstić information content (AvgIpc) is 2.47. The van der Waals surface area contributed by atoms with Gasteiger partial charge in [0.1, 0.15) is 0 Å². The third kappa shape index (κ3) is 3.10. The molecule has 2 aromatic rings. The molecule has 0 saturated carbocycles. The molecule has 6 heteroatoms. The summed E-state index contributed by atoms with van der Waals surface area (Å²) in [5.41, 5.74) is 2.10. The minimum atomic E-state index is -0.490. The SMILES string of the molecule is CN(Cc1cccnc1)c1ccc([N+](=O)[O-])c(CO)c1. The van der Waals surface area contributed by atoms with Crippen molar-refractivity contribution in [3.8, 4) is 0 Å². The predicted molar refractivity (Wildman–Crippen MR) is 75.4 cm³/mol. The van der Waals surface area contributed by atoms with Crippen molar-refractivity contribution >= 4 is 11.4 Å². The van der Waals surface area contributed by atoms with Crippen molar-refractivity contribution in [3.63, 3.8) is 0 Å². The number of hydrogen-bond donors (Lipinski definition) is 1. The summed E-state index contributed by atoms with van der Waals surface area (Å²) in [6.07, 6.45) is 3.48. The Hall–Kier alpha value is -2.47. The standard InChI is InChI=1S/C14H15N3O3/c1-16(9-11-3-2-6-15-8-11)13-4-5-14(17(19)20)12(7-13)10-18/h2-8,18H,9-10H2,1H3. The Kier molecular flexibility index (Phi) is 4.27. The van der Waals surface area contributed by atoms with Gasteiger partial charge < -0.3 is 10.0 Å². The largest absolute Gasteiger partial charge is 0.391 e. The first kappa shape index (κ1) is 14.0. The van der Waals surface area contributed by atoms with Crippen molar-refractivity contribution in [2.24, 2.45) is 0 Å². The molecule has 0 aliphatic rings. The fourth-order valence-corrected chi connectivity index (χ4v) is 1.97. The summed E-state index contributed by atoms with van der Waals surface area (Å²) >= 11 is 0. The second-order valence-corrected chi connectivity index (χ2v) is 4.45. The number of rotatable bonds is 5. The van der Waals surface area contributed by atoms with Crippen LogP contribution in [0.4, 0.5) is 11.4 Å². The lowest BCUT2D eigenvalue weighted by Crippen LogP contribution is -2.16. The molecule has 0 aliphatic carbocycles. The van der Waals surface area contributed by atoms with Crippen molar-refractivity contribution < 1.29 is 10.0 Å². The summed E-state index contributed by atoms with van der Waals surface area (Å²) in [5, 5.41) is 20.1. The molecule has 0 unspecified atom stereocenters. The molecular formula is C14H15N3O3. The number of aliphatic hydroxyl groups excluding tert-OH is 1. The van der Waals surface area contributed by atoms with Crippen LogP contribution in [0.25, 0.3) is 0 Å². The number of nitro benzene ring substituents is 1. The van der Waals surface area contributed by atoms with E-state index >= 15 is 0 Å². The van der Waals surface area contributed by atoms with Gasteiger partial charge in [0.2, 0.25) is 0 Å². The van der Waals surface area contributed by atoms with Crippen molar-refractivity contribution in [1.29, 1.82) is 0 Å². The maximum absolute atomic E-state index is 10.8. The summed E-state index contributed by atoms with van der Waals surface area (Å²) in [6, 6.07) is 8.54. The number of nitro groups is 1. The minimum absolute atomic E-state index is 0.0639. The molecule has 1 aromatic heterocycles. The highest BCUT2D eigenvalue weighted by atomic mass is 16.6. The molecule has 1 heterocycles. The van der Waals surface area contributed by atoms with Gasteiger partial charge in [0.15, 0.2) is 0 Å². The van der Waals surface area contributed by atoms with Gasteiger partial charge in [-0.2, -0.15) is 0 Å². The van der Waals surface area contributed by atoms with E-state index in [1.165, 1.54) is 6.07 Å². The summed E-state index contributed by atoms with van der Waals surface area (Å²) in [4.78, 5) is 16.3. The molecule has 2 rings (SSSR count). The number of benzene rings is 1. The molecule has 104 valence electrons. The van der Waals surface area contributed by atoms with Gasteiger partial charge in [-0.3, -0.25) is 15.1 Å². The lowest BCUT2D eigenvalue weighted by atomic mass is 10.1. The zero-order valence-electron chi connectivity index (χ0n) is 11.1. The highest BCUT2D eigenvalue weighted by Crippen LogP contribution is 2.25. The topological polar surface area (TPSA) is 79.5 Å². The van der Waals surface area contributed by atoms with E-state index < -0.39 is 4.92 Å². The molecule has 0 spiro atoms. The molecule has 1 N–H and O–H groups in total. The van der Waals surface area contributed by atoms with Crippen molar-refractivity contribution in [3.05, 3.63) is 64.0 Å². The fraction of sp³-hybridized carbons (Fsp3) is 0.214. The molecule has 0 atom stereocenters. The summed E-state index contributed by atoms with van der Waals surface area (Å²) < 4.78 is 0. The van der Waals surface area contributed by atoms with Crippen molar-refractivity contribution in [2.45, 2.75) is 13.2 Å². The minimum Gasteiger partial charge on any atom is -0.391 e. The first-order valence-corrected chi connectivity index (χ1v) is 6.10. The van der Waals surface area contributed by atoms with Gasteiger partial charge in [0, 0.05) is 37.7 Å². The molecular weight excluding hydrogens is 258 g/mol. The second-order valence-electron chi connectivity index (χ2n) is 4.45. The van der Waals surface area contributed by atoms with E-state index in [4.69, 9.17) is 0 Å². The highest BCUT2D eigenvalue weighted by Gasteiger charge is 2.14. The molecule has 0 aliphatic heterocycles. The van der Waals surface area contributed by atoms with Gasteiger partial charge in [0.05, 0.1) is 17.1 Å². The third-order valence-electron chi connectivity index (χ3n) is 3.01. The maximum Gasteiger partial charge on any atom is 0.275 e. The van der Waals surface area contributed by atoms with Gasteiger partial charge in [0.25, 0.3) is 5.69 Å². The zero-order chi connectivity index (χ0) is 14.5. The smallest absolute Gasteiger partial charge is 0.275 e. The maximum atomic E-state index is 10.8. The van der Waals surface area contributed by atoms with E-state index in [9.17, 15) is 15.2 Å². The van der Waals surface area contributed by atoms with E-state index in [2.05, 4.69) is 4.98 Å². The quantitative estimate of drug-likeness (QED) is 0.666. The Morgan fingerprint density at radius 2 is 2.20 bits per heavy atom. The van der Waals surface area contributed by atoms with Crippen LogP contribution in [0.5, 0.6) is 0 Å². The zero-order valence-corrected chi connectivity index (χ0v) is 11.1. The first-order chi connectivity index (χ1) is 9.61. The van der Waals surface area contributed by atoms with Gasteiger partial charge >= 0.3 is 0 Å². The summed E-state index contributed by atoms with van der Waals surface area (Å²) in [5.74, 6) is 0. The van der Waals surface area contributed by atoms with Crippen LogP contribution in [0, 0.1) is 10.1 Å². The molecule has 0 fully saturated rings. The number of aliphatic hydroxyl groups is 1. The number of hydrogen-bond acceptors (Lipinski definition) is 5. The Labute approximate surface area is 116 Å². The first-order valence-electron chi connectivity index (χ1n) is 6.10. The monoisotopic (exact) mass is 273 g/mol. The number of anilines is 1. The van der Waals surface area contributed by atoms with Crippen molar-refractivity contribution in [1.82, 2.24) is 4.98 Å². The summed E-state index contributed by atoms with van der Waals surface area (Å²) in [6.45, 7) is 0.279. The molecule has 0 amide bonds. The lowest BCUT2D eigenvalue weighted by molar-refractivity contribution is -0.385. The molecule has 6 nitrogen and oxygen atoms in total. The molecule has 0 saturated heterocycles. The van der Waals surface area contributed by atoms with Crippen LogP contribution in [0.3, 0.4) is 0 Å². The van der Waals surface area contributed by atoms with Gasteiger partial charge in [-0.1, -0.05) is 6.07 Å². The average molecular weight is 273 g/mol. The second kappa shape index (κ2) is 6.12. The normalized spacial score (nSPS) is 10.3. The van der Waals surface area contributed by atoms with Crippen LogP contribution in [-0.2, 0) is 13.2 Å². The third-order valence-corrected chi connectivity index (χ3v) is 3.01. The van der Waals surface area contributed by atoms with Gasteiger partial charge in [-0.25, -0.2) is 0 Å². The van der Waals surface area contributed by atoms with E-state index in [0.29, 0.717) is 12.1 Å². The van der Waals surface area contributed by atoms with Crippen molar-refractivity contribution in [2.75, 3.05) is 11.9 Å². The van der Waals surface area contributed by atoms with E-state index in [1.54, 1.807) is 24.5 Å². The van der Waals surface area contributed by atoms with Gasteiger partial charge in [-0.05, 0) is 23.8 Å². The lowest BCUT2D eigenvalue weighted by Gasteiger charge is -2.19. The number of pyridine rings is 1. The van der Waals surface area contributed by atoms with Gasteiger partial charge in [-0.15, -0.1) is 0 Å². The van der Waals surface area contributed by atoms with E-state index in [-0.39, 0.29) is 12.3 Å². The van der Waals surface area contributed by atoms with Crippen LogP contribution in [0.1, 0.15) is 11.1 Å². The van der Waals surface area contributed by atoms with Crippen LogP contribution < -0.4 is 4.90 Å². The van der Waals surface area contributed by atoms with Crippen LogP contribution in [0.2, 0.25) is 0 Å². The molecule has 1 aromatic carbocycles. The number of nitrogens with zero attached hydrogens (tertiary/aromatic N) is 3. The van der Waals surface area contributed by atoms with Crippen LogP contribution in [-0.4, -0.2) is 22.1 Å². The Bertz CT molecular complexity index is 602. The Balaban J connectivity index is 2.22. The Morgan fingerprint density at radius 1 is 1.40 bits per heavy atom. The number of aromatic nitrogens is 1. The Morgan fingerprint density at radius 3 is 2.80 bits per heavy atom. The molecule has 0 radical (unpaired) electrons. The van der Waals surface area contributed by atoms with E-state index in [1.807, 2.05) is 24.1 Å². The highest BCUT2D eigenvalue weighted by molar-refractivity contribution is 5.55.